The molecule has 0 atom stereocenters. The van der Waals surface area contributed by atoms with Crippen molar-refractivity contribution in [2.24, 2.45) is 0 Å². The molecule has 34 heavy (non-hydrogen) atoms. The molecule has 4 aromatic rings. The van der Waals surface area contributed by atoms with Crippen LogP contribution in [0.15, 0.2) is 78.0 Å². The van der Waals surface area contributed by atoms with Crippen LogP contribution in [0.25, 0.3) is 10.9 Å². The summed E-state index contributed by atoms with van der Waals surface area (Å²) in [5, 5.41) is 3.21. The highest BCUT2D eigenvalue weighted by atomic mass is 16.5. The first kappa shape index (κ1) is 22.9. The number of ether oxygens (including phenoxy) is 1. The van der Waals surface area contributed by atoms with Gasteiger partial charge < -0.3 is 14.6 Å². The number of hydrogen-bond acceptors (Lipinski definition) is 5. The lowest BCUT2D eigenvalue weighted by atomic mass is 10.0. The first-order valence-corrected chi connectivity index (χ1v) is 10.9. The van der Waals surface area contributed by atoms with Crippen LogP contribution >= 0.6 is 0 Å². The third-order valence-corrected chi connectivity index (χ3v) is 5.65. The summed E-state index contributed by atoms with van der Waals surface area (Å²) in [6.07, 6.45) is 4.43. The highest BCUT2D eigenvalue weighted by Gasteiger charge is 2.19. The smallest absolute Gasteiger partial charge is 0.244 e. The number of pyridine rings is 2. The van der Waals surface area contributed by atoms with Gasteiger partial charge in [0, 0.05) is 41.3 Å². The van der Waals surface area contributed by atoms with Crippen LogP contribution < -0.4 is 15.5 Å². The van der Waals surface area contributed by atoms with Crippen molar-refractivity contribution >= 4 is 28.3 Å². The Morgan fingerprint density at radius 1 is 1.03 bits per heavy atom. The molecule has 2 aromatic heterocycles. The van der Waals surface area contributed by atoms with Crippen LogP contribution in [0, 0.1) is 0 Å². The molecular weight excluding hydrogens is 430 g/mol. The van der Waals surface area contributed by atoms with E-state index in [0.29, 0.717) is 33.8 Å². The van der Waals surface area contributed by atoms with Crippen LogP contribution in [0.4, 0.5) is 5.69 Å². The first-order valence-electron chi connectivity index (χ1n) is 10.9. The minimum atomic E-state index is -0.427. The molecule has 0 saturated carbocycles. The van der Waals surface area contributed by atoms with Crippen LogP contribution in [-0.2, 0) is 11.3 Å². The summed E-state index contributed by atoms with van der Waals surface area (Å²) in [6, 6.07) is 15.7. The number of amides is 1. The maximum atomic E-state index is 13.2. The Bertz CT molecular complexity index is 1410. The number of benzene rings is 2. The van der Waals surface area contributed by atoms with Gasteiger partial charge >= 0.3 is 0 Å². The van der Waals surface area contributed by atoms with E-state index in [9.17, 15) is 14.4 Å². The summed E-state index contributed by atoms with van der Waals surface area (Å²) >= 11 is 0. The van der Waals surface area contributed by atoms with Crippen molar-refractivity contribution in [2.45, 2.75) is 26.3 Å². The van der Waals surface area contributed by atoms with E-state index in [0.717, 1.165) is 0 Å². The molecule has 7 heteroatoms. The second kappa shape index (κ2) is 9.70. The molecule has 0 saturated heterocycles. The minimum Gasteiger partial charge on any atom is -0.497 e. The summed E-state index contributed by atoms with van der Waals surface area (Å²) < 4.78 is 6.91. The Hall–Kier alpha value is -4.26. The zero-order valence-electron chi connectivity index (χ0n) is 19.2. The van der Waals surface area contributed by atoms with E-state index in [2.05, 4.69) is 24.1 Å². The van der Waals surface area contributed by atoms with Gasteiger partial charge in [0.1, 0.15) is 12.3 Å². The van der Waals surface area contributed by atoms with E-state index in [4.69, 9.17) is 4.74 Å². The number of nitrogens with zero attached hydrogens (tertiary/aromatic N) is 2. The van der Waals surface area contributed by atoms with Gasteiger partial charge in [0.15, 0.2) is 5.78 Å². The molecule has 2 aromatic carbocycles. The van der Waals surface area contributed by atoms with Gasteiger partial charge in [-0.3, -0.25) is 19.4 Å². The number of fused-ring (bicyclic) bond motifs is 1. The van der Waals surface area contributed by atoms with E-state index in [1.165, 1.54) is 31.3 Å². The lowest BCUT2D eigenvalue weighted by Crippen LogP contribution is -2.24. The zero-order valence-corrected chi connectivity index (χ0v) is 19.2. The predicted octanol–water partition coefficient (Wildman–Crippen LogP) is 4.40. The minimum absolute atomic E-state index is 0.0158. The van der Waals surface area contributed by atoms with Gasteiger partial charge in [-0.15, -0.1) is 0 Å². The van der Waals surface area contributed by atoms with Gasteiger partial charge in [-0.2, -0.15) is 0 Å². The second-order valence-electron chi connectivity index (χ2n) is 8.27. The lowest BCUT2D eigenvalue weighted by molar-refractivity contribution is -0.116. The number of hydrogen-bond donors (Lipinski definition) is 1. The summed E-state index contributed by atoms with van der Waals surface area (Å²) in [5.41, 5.74) is 2.28. The Morgan fingerprint density at radius 3 is 2.38 bits per heavy atom. The highest BCUT2D eigenvalue weighted by Crippen LogP contribution is 2.21. The summed E-state index contributed by atoms with van der Waals surface area (Å²) in [6.45, 7) is 4.12. The summed E-state index contributed by atoms with van der Waals surface area (Å²) in [4.78, 5) is 43.1. The SMILES string of the molecule is COc1ccc2c(=O)c(C(=O)c3ccncc3)cn(CC(=O)Nc3ccc(C(C)C)cc3)c2c1. The number of aromatic nitrogens is 2. The van der Waals surface area contributed by atoms with E-state index in [-0.39, 0.29) is 18.0 Å². The van der Waals surface area contributed by atoms with Gasteiger partial charge in [0.2, 0.25) is 11.3 Å². The van der Waals surface area contributed by atoms with Gasteiger partial charge in [-0.05, 0) is 47.9 Å². The fourth-order valence-electron chi connectivity index (χ4n) is 3.76. The maximum absolute atomic E-state index is 13.2. The molecule has 0 fully saturated rings. The molecule has 0 aliphatic carbocycles. The monoisotopic (exact) mass is 455 g/mol. The molecule has 0 aliphatic rings. The summed E-state index contributed by atoms with van der Waals surface area (Å²) in [7, 11) is 1.53. The number of ketones is 1. The number of carbonyl (C=O) groups is 2. The fourth-order valence-corrected chi connectivity index (χ4v) is 3.76. The average molecular weight is 456 g/mol. The standard InChI is InChI=1S/C27H25N3O4/c1-17(2)18-4-6-20(7-5-18)29-25(31)16-30-15-23(26(32)19-10-12-28-13-11-19)27(33)22-9-8-21(34-3)14-24(22)30/h4-15,17H,16H2,1-3H3,(H,29,31). The second-order valence-corrected chi connectivity index (χ2v) is 8.27. The largest absolute Gasteiger partial charge is 0.497 e. The van der Waals surface area contributed by atoms with E-state index < -0.39 is 11.2 Å². The van der Waals surface area contributed by atoms with E-state index in [1.54, 1.807) is 34.9 Å². The molecule has 0 aliphatic heterocycles. The van der Waals surface area contributed by atoms with E-state index >= 15 is 0 Å². The quantitative estimate of drug-likeness (QED) is 0.417. The van der Waals surface area contributed by atoms with Crippen molar-refractivity contribution in [3.8, 4) is 5.75 Å². The highest BCUT2D eigenvalue weighted by molar-refractivity contribution is 6.10. The van der Waals surface area contributed by atoms with Crippen LogP contribution in [0.2, 0.25) is 0 Å². The van der Waals surface area contributed by atoms with Crippen molar-refractivity contribution in [1.29, 1.82) is 0 Å². The molecule has 0 unspecified atom stereocenters. The lowest BCUT2D eigenvalue weighted by Gasteiger charge is -2.15. The van der Waals surface area contributed by atoms with Gasteiger partial charge in [0.25, 0.3) is 0 Å². The number of methoxy groups -OCH3 is 1. The number of anilines is 1. The Kier molecular flexibility index (Phi) is 6.54. The zero-order chi connectivity index (χ0) is 24.2. The fraction of sp³-hybridized carbons (Fsp3) is 0.185. The Balaban J connectivity index is 1.72. The normalized spacial score (nSPS) is 10.9. The van der Waals surface area contributed by atoms with Crippen molar-refractivity contribution < 1.29 is 14.3 Å². The molecule has 0 bridgehead atoms. The van der Waals surface area contributed by atoms with Crippen LogP contribution in [-0.4, -0.2) is 28.4 Å². The van der Waals surface area contributed by atoms with Crippen LogP contribution in [0.5, 0.6) is 5.75 Å². The molecule has 0 radical (unpaired) electrons. The molecule has 1 N–H and O–H groups in total. The molecular formula is C27H25N3O4. The number of rotatable bonds is 7. The maximum Gasteiger partial charge on any atom is 0.244 e. The topological polar surface area (TPSA) is 90.3 Å². The van der Waals surface area contributed by atoms with Crippen molar-refractivity contribution in [2.75, 3.05) is 12.4 Å². The van der Waals surface area contributed by atoms with Gasteiger partial charge in [-0.25, -0.2) is 0 Å². The third-order valence-electron chi connectivity index (χ3n) is 5.65. The predicted molar refractivity (Wildman–Crippen MR) is 132 cm³/mol. The Morgan fingerprint density at radius 2 is 1.74 bits per heavy atom. The summed E-state index contributed by atoms with van der Waals surface area (Å²) in [5.74, 6) is 0.220. The first-order chi connectivity index (χ1) is 16.4. The Labute approximate surface area is 197 Å². The average Bonchev–Trinajstić information content (AvgIpc) is 2.85. The number of carbonyl (C=O) groups excluding carboxylic acids is 2. The molecule has 1 amide bonds. The number of nitrogens with one attached hydrogen (secondary N) is 1. The third kappa shape index (κ3) is 4.73. The molecule has 7 nitrogen and oxygen atoms in total. The van der Waals surface area contributed by atoms with Crippen LogP contribution in [0.1, 0.15) is 41.3 Å². The molecule has 0 spiro atoms. The van der Waals surface area contributed by atoms with Gasteiger partial charge in [0.05, 0.1) is 18.2 Å². The van der Waals surface area contributed by atoms with Crippen molar-refractivity contribution in [3.05, 3.63) is 100 Å². The van der Waals surface area contributed by atoms with Crippen LogP contribution in [0.3, 0.4) is 0 Å². The molecule has 2 heterocycles. The van der Waals surface area contributed by atoms with Gasteiger partial charge in [-0.1, -0.05) is 26.0 Å². The molecule has 172 valence electrons. The van der Waals surface area contributed by atoms with E-state index in [1.807, 2.05) is 24.3 Å². The molecule has 4 rings (SSSR count). The van der Waals surface area contributed by atoms with Crippen molar-refractivity contribution in [3.63, 3.8) is 0 Å². The van der Waals surface area contributed by atoms with Crippen molar-refractivity contribution in [1.82, 2.24) is 9.55 Å².